The molecule has 2 aromatic carbocycles. The number of carbonyl (C=O) groups is 1. The van der Waals surface area contributed by atoms with Gasteiger partial charge < -0.3 is 9.47 Å². The van der Waals surface area contributed by atoms with E-state index < -0.39 is 10.9 Å². The molecule has 0 saturated carbocycles. The minimum atomic E-state index is -0.459. The second-order valence-electron chi connectivity index (χ2n) is 5.80. The molecular weight excluding hydrogens is 362 g/mol. The average molecular weight is 379 g/mol. The van der Waals surface area contributed by atoms with Gasteiger partial charge in [0, 0.05) is 29.5 Å². The van der Waals surface area contributed by atoms with E-state index in [0.29, 0.717) is 35.0 Å². The van der Waals surface area contributed by atoms with Crippen molar-refractivity contribution in [2.24, 2.45) is 0 Å². The summed E-state index contributed by atoms with van der Waals surface area (Å²) in [6, 6.07) is 14.2. The van der Waals surface area contributed by atoms with Crippen molar-refractivity contribution in [3.63, 3.8) is 0 Å². The number of ether oxygens (including phenoxy) is 2. The van der Waals surface area contributed by atoms with E-state index in [-0.39, 0.29) is 5.69 Å². The van der Waals surface area contributed by atoms with Crippen LogP contribution in [0.25, 0.3) is 11.4 Å². The van der Waals surface area contributed by atoms with Crippen molar-refractivity contribution in [3.8, 4) is 23.0 Å². The summed E-state index contributed by atoms with van der Waals surface area (Å²) in [6.45, 7) is 1.96. The van der Waals surface area contributed by atoms with Gasteiger partial charge in [-0.1, -0.05) is 6.92 Å². The van der Waals surface area contributed by atoms with Gasteiger partial charge in [0.2, 0.25) is 5.88 Å². The lowest BCUT2D eigenvalue weighted by molar-refractivity contribution is -0.384. The number of non-ortho nitro benzene ring substituents is 1. The summed E-state index contributed by atoms with van der Waals surface area (Å²) >= 11 is 0. The van der Waals surface area contributed by atoms with Crippen LogP contribution in [-0.4, -0.2) is 28.0 Å². The first-order valence-corrected chi connectivity index (χ1v) is 8.49. The third kappa shape index (κ3) is 4.29. The Hall–Kier alpha value is -3.81. The minimum Gasteiger partial charge on any atom is -0.465 e. The van der Waals surface area contributed by atoms with Gasteiger partial charge in [-0.3, -0.25) is 10.1 Å². The standard InChI is InChI=1S/C20H17N3O5/c1-3-15-12-18(28-17-10-6-14(7-11-17)20(24)27-2)22-19(21-15)13-4-8-16(9-5-13)23(25)26/h4-12H,3H2,1-2H3. The SMILES string of the molecule is CCc1cc(Oc2ccc(C(=O)OC)cc2)nc(-c2ccc([N+](=O)[O-])cc2)n1. The van der Waals surface area contributed by atoms with Gasteiger partial charge in [-0.15, -0.1) is 0 Å². The van der Waals surface area contributed by atoms with E-state index in [1.54, 1.807) is 42.5 Å². The van der Waals surface area contributed by atoms with E-state index in [1.165, 1.54) is 19.2 Å². The van der Waals surface area contributed by atoms with Gasteiger partial charge in [-0.05, 0) is 42.8 Å². The summed E-state index contributed by atoms with van der Waals surface area (Å²) in [7, 11) is 1.32. The highest BCUT2D eigenvalue weighted by Crippen LogP contribution is 2.25. The maximum absolute atomic E-state index is 11.5. The van der Waals surface area contributed by atoms with Crippen LogP contribution in [0.2, 0.25) is 0 Å². The molecule has 28 heavy (non-hydrogen) atoms. The van der Waals surface area contributed by atoms with Crippen LogP contribution in [-0.2, 0) is 11.2 Å². The molecule has 0 saturated heterocycles. The second-order valence-corrected chi connectivity index (χ2v) is 5.80. The van der Waals surface area contributed by atoms with E-state index in [0.717, 1.165) is 5.69 Å². The van der Waals surface area contributed by atoms with Crippen LogP contribution in [0, 0.1) is 10.1 Å². The molecule has 8 nitrogen and oxygen atoms in total. The zero-order chi connectivity index (χ0) is 20.1. The molecule has 0 spiro atoms. The molecule has 3 rings (SSSR count). The monoisotopic (exact) mass is 379 g/mol. The fourth-order valence-electron chi connectivity index (χ4n) is 2.46. The molecular formula is C20H17N3O5. The highest BCUT2D eigenvalue weighted by Gasteiger charge is 2.11. The number of hydrogen-bond acceptors (Lipinski definition) is 7. The third-order valence-corrected chi connectivity index (χ3v) is 3.95. The van der Waals surface area contributed by atoms with Crippen LogP contribution in [0.5, 0.6) is 11.6 Å². The lowest BCUT2D eigenvalue weighted by atomic mass is 10.2. The lowest BCUT2D eigenvalue weighted by Gasteiger charge is -2.09. The minimum absolute atomic E-state index is 0.00225. The summed E-state index contributed by atoms with van der Waals surface area (Å²) in [5.74, 6) is 0.826. The number of hydrogen-bond donors (Lipinski definition) is 0. The van der Waals surface area contributed by atoms with Crippen molar-refractivity contribution >= 4 is 11.7 Å². The molecule has 142 valence electrons. The van der Waals surface area contributed by atoms with E-state index in [9.17, 15) is 14.9 Å². The van der Waals surface area contributed by atoms with E-state index in [1.807, 2.05) is 6.92 Å². The summed E-state index contributed by atoms with van der Waals surface area (Å²) < 4.78 is 10.5. The molecule has 1 heterocycles. The van der Waals surface area contributed by atoms with Crippen LogP contribution in [0.15, 0.2) is 54.6 Å². The van der Waals surface area contributed by atoms with Crippen molar-refractivity contribution in [1.82, 2.24) is 9.97 Å². The first-order chi connectivity index (χ1) is 13.5. The number of nitrogens with zero attached hydrogens (tertiary/aromatic N) is 3. The number of methoxy groups -OCH3 is 1. The maximum atomic E-state index is 11.5. The quantitative estimate of drug-likeness (QED) is 0.359. The van der Waals surface area contributed by atoms with Gasteiger partial charge in [0.1, 0.15) is 5.75 Å². The number of aromatic nitrogens is 2. The smallest absolute Gasteiger partial charge is 0.337 e. The fraction of sp³-hybridized carbons (Fsp3) is 0.150. The lowest BCUT2D eigenvalue weighted by Crippen LogP contribution is -2.01. The number of benzene rings is 2. The molecule has 0 N–H and O–H groups in total. The summed E-state index contributed by atoms with van der Waals surface area (Å²) in [5.41, 5.74) is 1.83. The van der Waals surface area contributed by atoms with Gasteiger partial charge in [0.25, 0.3) is 5.69 Å². The zero-order valence-electron chi connectivity index (χ0n) is 15.3. The van der Waals surface area contributed by atoms with Gasteiger partial charge in [0.15, 0.2) is 5.82 Å². The number of carbonyl (C=O) groups excluding carboxylic acids is 1. The number of nitro benzene ring substituents is 1. The van der Waals surface area contributed by atoms with Gasteiger partial charge >= 0.3 is 5.97 Å². The van der Waals surface area contributed by atoms with Gasteiger partial charge in [0.05, 0.1) is 17.6 Å². The largest absolute Gasteiger partial charge is 0.465 e. The Labute approximate surface area is 160 Å². The molecule has 1 aromatic heterocycles. The molecule has 0 atom stereocenters. The fourth-order valence-corrected chi connectivity index (χ4v) is 2.46. The number of aryl methyl sites for hydroxylation is 1. The molecule has 0 radical (unpaired) electrons. The Bertz CT molecular complexity index is 1000. The topological polar surface area (TPSA) is 104 Å². The normalized spacial score (nSPS) is 10.4. The zero-order valence-corrected chi connectivity index (χ0v) is 15.3. The van der Waals surface area contributed by atoms with Gasteiger partial charge in [-0.25, -0.2) is 9.78 Å². The summed E-state index contributed by atoms with van der Waals surface area (Å²) in [6.07, 6.45) is 0.667. The van der Waals surface area contributed by atoms with Gasteiger partial charge in [-0.2, -0.15) is 4.98 Å². The molecule has 0 amide bonds. The highest BCUT2D eigenvalue weighted by atomic mass is 16.6. The molecule has 0 aliphatic heterocycles. The predicted octanol–water partition coefficient (Wildman–Crippen LogP) is 4.19. The first kappa shape index (κ1) is 19.0. The van der Waals surface area contributed by atoms with E-state index in [2.05, 4.69) is 14.7 Å². The molecule has 8 heteroatoms. The molecule has 0 aliphatic carbocycles. The molecule has 0 unspecified atom stereocenters. The van der Waals surface area contributed by atoms with Crippen LogP contribution >= 0.6 is 0 Å². The van der Waals surface area contributed by atoms with Crippen molar-refractivity contribution in [2.45, 2.75) is 13.3 Å². The van der Waals surface area contributed by atoms with Crippen molar-refractivity contribution in [1.29, 1.82) is 0 Å². The first-order valence-electron chi connectivity index (χ1n) is 8.49. The van der Waals surface area contributed by atoms with Crippen LogP contribution in [0.3, 0.4) is 0 Å². The van der Waals surface area contributed by atoms with E-state index >= 15 is 0 Å². The average Bonchev–Trinajstić information content (AvgIpc) is 2.73. The second kappa shape index (κ2) is 8.26. The molecule has 0 bridgehead atoms. The molecule has 3 aromatic rings. The van der Waals surface area contributed by atoms with Crippen LogP contribution in [0.4, 0.5) is 5.69 Å². The third-order valence-electron chi connectivity index (χ3n) is 3.95. The van der Waals surface area contributed by atoms with Crippen LogP contribution in [0.1, 0.15) is 23.0 Å². The number of nitro groups is 1. The Morgan fingerprint density at radius 3 is 2.32 bits per heavy atom. The van der Waals surface area contributed by atoms with Crippen molar-refractivity contribution in [3.05, 3.63) is 76.0 Å². The highest BCUT2D eigenvalue weighted by molar-refractivity contribution is 5.89. The summed E-state index contributed by atoms with van der Waals surface area (Å²) in [4.78, 5) is 30.7. The number of esters is 1. The molecule has 0 fully saturated rings. The number of rotatable bonds is 6. The maximum Gasteiger partial charge on any atom is 0.337 e. The summed E-state index contributed by atoms with van der Waals surface area (Å²) in [5, 5.41) is 10.8. The molecule has 0 aliphatic rings. The Morgan fingerprint density at radius 2 is 1.75 bits per heavy atom. The Kier molecular flexibility index (Phi) is 5.59. The van der Waals surface area contributed by atoms with Crippen LogP contribution < -0.4 is 4.74 Å². The Morgan fingerprint density at radius 1 is 1.07 bits per heavy atom. The van der Waals surface area contributed by atoms with Crippen molar-refractivity contribution in [2.75, 3.05) is 7.11 Å². The van der Waals surface area contributed by atoms with Crippen molar-refractivity contribution < 1.29 is 19.2 Å². The van der Waals surface area contributed by atoms with E-state index in [4.69, 9.17) is 4.74 Å². The predicted molar refractivity (Wildman–Crippen MR) is 101 cm³/mol. The Balaban J connectivity index is 1.88.